The number of carbonyl (C=O) groups is 1. The summed E-state index contributed by atoms with van der Waals surface area (Å²) in [6, 6.07) is 7.34. The second kappa shape index (κ2) is 5.25. The molecule has 1 aromatic carbocycles. The van der Waals surface area contributed by atoms with Crippen molar-refractivity contribution in [3.63, 3.8) is 0 Å². The lowest BCUT2D eigenvalue weighted by molar-refractivity contribution is -0.118. The molecule has 0 aromatic heterocycles. The summed E-state index contributed by atoms with van der Waals surface area (Å²) in [6.45, 7) is 0.0200. The highest BCUT2D eigenvalue weighted by molar-refractivity contribution is 9.10. The third kappa shape index (κ3) is 3.36. The summed E-state index contributed by atoms with van der Waals surface area (Å²) >= 11 is 8.62. The average molecular weight is 264 g/mol. The SMILES string of the molecule is O=C(CCl)COc1ccccc1Br. The Hall–Kier alpha value is -0.540. The van der Waals surface area contributed by atoms with Gasteiger partial charge in [-0.1, -0.05) is 12.1 Å². The Morgan fingerprint density at radius 3 is 2.77 bits per heavy atom. The molecular weight excluding hydrogens is 255 g/mol. The first kappa shape index (κ1) is 10.5. The van der Waals surface area contributed by atoms with E-state index in [1.807, 2.05) is 18.2 Å². The molecule has 0 saturated heterocycles. The molecule has 13 heavy (non-hydrogen) atoms. The molecule has 0 fully saturated rings. The molecule has 4 heteroatoms. The van der Waals surface area contributed by atoms with Crippen LogP contribution in [0, 0.1) is 0 Å². The van der Waals surface area contributed by atoms with E-state index < -0.39 is 0 Å². The van der Waals surface area contributed by atoms with Crippen molar-refractivity contribution in [2.75, 3.05) is 12.5 Å². The molecule has 0 aliphatic carbocycles. The van der Waals surface area contributed by atoms with Crippen molar-refractivity contribution in [1.82, 2.24) is 0 Å². The Morgan fingerprint density at radius 2 is 2.15 bits per heavy atom. The summed E-state index contributed by atoms with van der Waals surface area (Å²) < 4.78 is 6.04. The van der Waals surface area contributed by atoms with E-state index in [0.717, 1.165) is 4.47 Å². The molecule has 2 nitrogen and oxygen atoms in total. The second-order valence-electron chi connectivity index (χ2n) is 2.39. The minimum absolute atomic E-state index is 0.00947. The van der Waals surface area contributed by atoms with Crippen LogP contribution < -0.4 is 4.74 Å². The van der Waals surface area contributed by atoms with E-state index in [0.29, 0.717) is 5.75 Å². The summed E-state index contributed by atoms with van der Waals surface area (Å²) in [4.78, 5) is 10.8. The van der Waals surface area contributed by atoms with Crippen LogP contribution in [-0.4, -0.2) is 18.3 Å². The Labute approximate surface area is 90.0 Å². The molecule has 0 spiro atoms. The van der Waals surface area contributed by atoms with Crippen LogP contribution in [0.1, 0.15) is 0 Å². The van der Waals surface area contributed by atoms with Gasteiger partial charge in [0.2, 0.25) is 0 Å². The molecule has 0 N–H and O–H groups in total. The van der Waals surface area contributed by atoms with Gasteiger partial charge in [0.25, 0.3) is 0 Å². The third-order valence-electron chi connectivity index (χ3n) is 1.37. The fourth-order valence-corrected chi connectivity index (χ4v) is 1.23. The van der Waals surface area contributed by atoms with Crippen LogP contribution in [0.15, 0.2) is 28.7 Å². The van der Waals surface area contributed by atoms with E-state index in [1.54, 1.807) is 6.07 Å². The van der Waals surface area contributed by atoms with Gasteiger partial charge in [-0.25, -0.2) is 0 Å². The van der Waals surface area contributed by atoms with Crippen LogP contribution in [0.5, 0.6) is 5.75 Å². The van der Waals surface area contributed by atoms with Crippen molar-refractivity contribution >= 4 is 33.3 Å². The number of ether oxygens (including phenoxy) is 1. The summed E-state index contributed by atoms with van der Waals surface area (Å²) in [5.41, 5.74) is 0. The summed E-state index contributed by atoms with van der Waals surface area (Å²) in [5.74, 6) is 0.517. The van der Waals surface area contributed by atoms with Gasteiger partial charge in [0.15, 0.2) is 5.78 Å². The smallest absolute Gasteiger partial charge is 0.184 e. The summed E-state index contributed by atoms with van der Waals surface area (Å²) in [6.07, 6.45) is 0. The lowest BCUT2D eigenvalue weighted by Gasteiger charge is -2.05. The van der Waals surface area contributed by atoms with Gasteiger partial charge in [-0.3, -0.25) is 4.79 Å². The van der Waals surface area contributed by atoms with Crippen LogP contribution >= 0.6 is 27.5 Å². The lowest BCUT2D eigenvalue weighted by atomic mass is 10.3. The number of ketones is 1. The maximum atomic E-state index is 10.8. The van der Waals surface area contributed by atoms with E-state index in [4.69, 9.17) is 16.3 Å². The van der Waals surface area contributed by atoms with Gasteiger partial charge < -0.3 is 4.74 Å². The molecule has 0 atom stereocenters. The number of rotatable bonds is 4. The molecule has 0 aliphatic heterocycles. The van der Waals surface area contributed by atoms with Crippen LogP contribution in [-0.2, 0) is 4.79 Å². The number of Topliss-reactive ketones (excluding diaryl/α,β-unsaturated/α-hetero) is 1. The number of para-hydroxylation sites is 1. The van der Waals surface area contributed by atoms with Gasteiger partial charge in [-0.2, -0.15) is 0 Å². The molecule has 0 amide bonds. The molecule has 0 saturated carbocycles. The predicted octanol–water partition coefficient (Wildman–Crippen LogP) is 2.64. The molecular formula is C9H8BrClO2. The van der Waals surface area contributed by atoms with E-state index in [1.165, 1.54) is 0 Å². The second-order valence-corrected chi connectivity index (χ2v) is 3.51. The van der Waals surface area contributed by atoms with Crippen LogP contribution in [0.2, 0.25) is 0 Å². The van der Waals surface area contributed by atoms with E-state index >= 15 is 0 Å². The lowest BCUT2D eigenvalue weighted by Crippen LogP contribution is -2.12. The van der Waals surface area contributed by atoms with Crippen molar-refractivity contribution in [2.45, 2.75) is 0 Å². The van der Waals surface area contributed by atoms with Crippen LogP contribution in [0.3, 0.4) is 0 Å². The Morgan fingerprint density at radius 1 is 1.46 bits per heavy atom. The van der Waals surface area contributed by atoms with Crippen LogP contribution in [0.4, 0.5) is 0 Å². The Kier molecular flexibility index (Phi) is 4.25. The molecule has 70 valence electrons. The molecule has 1 aromatic rings. The molecule has 0 bridgehead atoms. The number of carbonyl (C=O) groups excluding carboxylic acids is 1. The predicted molar refractivity (Wildman–Crippen MR) is 55.4 cm³/mol. The van der Waals surface area contributed by atoms with E-state index in [2.05, 4.69) is 15.9 Å². The largest absolute Gasteiger partial charge is 0.485 e. The quantitative estimate of drug-likeness (QED) is 0.781. The number of benzene rings is 1. The zero-order valence-electron chi connectivity index (χ0n) is 6.80. The third-order valence-corrected chi connectivity index (χ3v) is 2.33. The number of halogens is 2. The average Bonchev–Trinajstić information content (AvgIpc) is 2.16. The maximum Gasteiger partial charge on any atom is 0.184 e. The zero-order valence-corrected chi connectivity index (χ0v) is 9.14. The Balaban J connectivity index is 2.54. The first-order valence-corrected chi connectivity index (χ1v) is 5.02. The monoisotopic (exact) mass is 262 g/mol. The van der Waals surface area contributed by atoms with E-state index in [9.17, 15) is 4.79 Å². The number of alkyl halides is 1. The maximum absolute atomic E-state index is 10.8. The van der Waals surface area contributed by atoms with Crippen molar-refractivity contribution in [3.05, 3.63) is 28.7 Å². The van der Waals surface area contributed by atoms with Gasteiger partial charge in [-0.15, -0.1) is 11.6 Å². The normalized spacial score (nSPS) is 9.69. The van der Waals surface area contributed by atoms with E-state index in [-0.39, 0.29) is 18.3 Å². The Bertz CT molecular complexity index is 301. The molecule has 0 aliphatic rings. The zero-order chi connectivity index (χ0) is 9.68. The highest BCUT2D eigenvalue weighted by Gasteiger charge is 2.02. The number of hydrogen-bond acceptors (Lipinski definition) is 2. The summed E-state index contributed by atoms with van der Waals surface area (Å²) in [7, 11) is 0. The molecule has 0 radical (unpaired) electrons. The van der Waals surface area contributed by atoms with Gasteiger partial charge in [0.05, 0.1) is 10.4 Å². The first-order valence-electron chi connectivity index (χ1n) is 3.69. The fraction of sp³-hybridized carbons (Fsp3) is 0.222. The van der Waals surface area contributed by atoms with Crippen LogP contribution in [0.25, 0.3) is 0 Å². The molecule has 0 heterocycles. The van der Waals surface area contributed by atoms with Crippen molar-refractivity contribution in [1.29, 1.82) is 0 Å². The van der Waals surface area contributed by atoms with Crippen molar-refractivity contribution in [2.24, 2.45) is 0 Å². The van der Waals surface area contributed by atoms with Gasteiger partial charge in [-0.05, 0) is 28.1 Å². The van der Waals surface area contributed by atoms with Gasteiger partial charge in [0.1, 0.15) is 12.4 Å². The number of hydrogen-bond donors (Lipinski definition) is 0. The topological polar surface area (TPSA) is 26.3 Å². The van der Waals surface area contributed by atoms with Gasteiger partial charge in [0, 0.05) is 0 Å². The molecule has 0 unspecified atom stereocenters. The minimum Gasteiger partial charge on any atom is -0.485 e. The summed E-state index contributed by atoms with van der Waals surface area (Å²) in [5, 5.41) is 0. The minimum atomic E-state index is -0.127. The van der Waals surface area contributed by atoms with Gasteiger partial charge >= 0.3 is 0 Å². The standard InChI is InChI=1S/C9H8BrClO2/c10-8-3-1-2-4-9(8)13-6-7(12)5-11/h1-4H,5-6H2. The fourth-order valence-electron chi connectivity index (χ4n) is 0.759. The van der Waals surface area contributed by atoms with Crippen molar-refractivity contribution in [3.8, 4) is 5.75 Å². The van der Waals surface area contributed by atoms with Crippen molar-refractivity contribution < 1.29 is 9.53 Å². The first-order chi connectivity index (χ1) is 6.24. The molecule has 1 rings (SSSR count). The highest BCUT2D eigenvalue weighted by atomic mass is 79.9. The highest BCUT2D eigenvalue weighted by Crippen LogP contribution is 2.23.